The summed E-state index contributed by atoms with van der Waals surface area (Å²) in [6.45, 7) is 0. The van der Waals surface area contributed by atoms with Gasteiger partial charge in [-0.1, -0.05) is 30.3 Å². The second-order valence-corrected chi connectivity index (χ2v) is 6.20. The number of carboxylic acid groups (broad SMARTS) is 1. The summed E-state index contributed by atoms with van der Waals surface area (Å²) >= 11 is 0. The van der Waals surface area contributed by atoms with Crippen LogP contribution in [0.1, 0.15) is 15.9 Å². The molecule has 0 radical (unpaired) electrons. The molecule has 1 aromatic heterocycles. The fourth-order valence-electron chi connectivity index (χ4n) is 1.75. The van der Waals surface area contributed by atoms with Gasteiger partial charge in [-0.15, -0.1) is 0 Å². The summed E-state index contributed by atoms with van der Waals surface area (Å²) in [5.41, 5.74) is 0.711. The third kappa shape index (κ3) is 4.28. The minimum atomic E-state index is -3.66. The summed E-state index contributed by atoms with van der Waals surface area (Å²) in [5.74, 6) is -1.55. The van der Waals surface area contributed by atoms with Gasteiger partial charge in [-0.25, -0.2) is 18.2 Å². The molecule has 2 aromatic rings. The second-order valence-electron chi connectivity index (χ2n) is 4.36. The molecule has 0 amide bonds. The smallest absolute Gasteiger partial charge is 0.339 e. The highest BCUT2D eigenvalue weighted by Crippen LogP contribution is 2.13. The molecule has 0 fully saturated rings. The van der Waals surface area contributed by atoms with E-state index in [2.05, 4.69) is 9.71 Å². The van der Waals surface area contributed by atoms with E-state index in [0.717, 1.165) is 5.56 Å². The fourth-order valence-corrected chi connectivity index (χ4v) is 2.82. The molecule has 2 N–H and O–H groups in total. The molecule has 1 heterocycles. The number of aryl methyl sites for hydroxylation is 1. The summed E-state index contributed by atoms with van der Waals surface area (Å²) in [6.07, 6.45) is 1.67. The van der Waals surface area contributed by atoms with Gasteiger partial charge < -0.3 is 5.11 Å². The lowest BCUT2D eigenvalue weighted by atomic mass is 10.2. The Morgan fingerprint density at radius 3 is 2.52 bits per heavy atom. The molecule has 0 saturated heterocycles. The highest BCUT2D eigenvalue weighted by Gasteiger charge is 2.17. The number of nitrogens with one attached hydrogen (secondary N) is 1. The van der Waals surface area contributed by atoms with Gasteiger partial charge in [-0.05, 0) is 24.1 Å². The molecule has 1 aromatic carbocycles. The van der Waals surface area contributed by atoms with E-state index in [0.29, 0.717) is 6.42 Å². The van der Waals surface area contributed by atoms with Crippen molar-refractivity contribution in [3.05, 3.63) is 59.8 Å². The quantitative estimate of drug-likeness (QED) is 0.847. The van der Waals surface area contributed by atoms with E-state index < -0.39 is 16.0 Å². The second kappa shape index (κ2) is 6.36. The Bertz CT molecular complexity index is 730. The zero-order valence-electron chi connectivity index (χ0n) is 11.1. The van der Waals surface area contributed by atoms with Crippen LogP contribution in [-0.2, 0) is 16.4 Å². The summed E-state index contributed by atoms with van der Waals surface area (Å²) in [6, 6.07) is 11.9. The molecule has 110 valence electrons. The third-order valence-corrected chi connectivity index (χ3v) is 4.04. The van der Waals surface area contributed by atoms with Crippen molar-refractivity contribution in [3.8, 4) is 0 Å². The molecule has 2 rings (SSSR count). The van der Waals surface area contributed by atoms with Crippen molar-refractivity contribution < 1.29 is 18.3 Å². The van der Waals surface area contributed by atoms with Crippen molar-refractivity contribution >= 4 is 21.8 Å². The number of aromatic carboxylic acids is 1. The molecule has 0 aliphatic rings. The Balaban J connectivity index is 2.10. The Labute approximate surface area is 122 Å². The lowest BCUT2D eigenvalue weighted by Crippen LogP contribution is -2.20. The molecule has 0 atom stereocenters. The maximum absolute atomic E-state index is 12.0. The van der Waals surface area contributed by atoms with Crippen LogP contribution in [0.5, 0.6) is 0 Å². The number of sulfonamides is 1. The van der Waals surface area contributed by atoms with Crippen LogP contribution in [0.4, 0.5) is 5.82 Å². The van der Waals surface area contributed by atoms with Crippen molar-refractivity contribution in [2.24, 2.45) is 0 Å². The molecule has 0 bridgehead atoms. The zero-order chi connectivity index (χ0) is 15.3. The molecule has 7 heteroatoms. The Morgan fingerprint density at radius 1 is 1.14 bits per heavy atom. The van der Waals surface area contributed by atoms with Crippen LogP contribution in [0.2, 0.25) is 0 Å². The summed E-state index contributed by atoms with van der Waals surface area (Å²) in [4.78, 5) is 14.8. The van der Waals surface area contributed by atoms with Gasteiger partial charge in [-0.3, -0.25) is 4.72 Å². The molecular formula is C14H14N2O4S. The number of hydrogen-bond donors (Lipinski definition) is 2. The number of rotatable bonds is 6. The van der Waals surface area contributed by atoms with Gasteiger partial charge in [0.25, 0.3) is 0 Å². The van der Waals surface area contributed by atoms with Gasteiger partial charge >= 0.3 is 5.97 Å². The highest BCUT2D eigenvalue weighted by molar-refractivity contribution is 7.92. The predicted octanol–water partition coefficient (Wildman–Crippen LogP) is 1.76. The van der Waals surface area contributed by atoms with Gasteiger partial charge in [-0.2, -0.15) is 0 Å². The summed E-state index contributed by atoms with van der Waals surface area (Å²) < 4.78 is 26.2. The molecular weight excluding hydrogens is 292 g/mol. The minimum Gasteiger partial charge on any atom is -0.478 e. The zero-order valence-corrected chi connectivity index (χ0v) is 11.9. The van der Waals surface area contributed by atoms with Gasteiger partial charge in [0.2, 0.25) is 10.0 Å². The lowest BCUT2D eigenvalue weighted by molar-refractivity contribution is 0.0697. The van der Waals surface area contributed by atoms with Crippen molar-refractivity contribution in [1.29, 1.82) is 0 Å². The number of anilines is 1. The van der Waals surface area contributed by atoms with Gasteiger partial charge in [0.1, 0.15) is 5.56 Å². The van der Waals surface area contributed by atoms with E-state index in [1.807, 2.05) is 30.3 Å². The topological polar surface area (TPSA) is 96.4 Å². The normalized spacial score (nSPS) is 11.0. The Morgan fingerprint density at radius 2 is 1.86 bits per heavy atom. The largest absolute Gasteiger partial charge is 0.478 e. The average molecular weight is 306 g/mol. The van der Waals surface area contributed by atoms with Crippen molar-refractivity contribution in [3.63, 3.8) is 0 Å². The lowest BCUT2D eigenvalue weighted by Gasteiger charge is -2.09. The maximum Gasteiger partial charge on any atom is 0.339 e. The van der Waals surface area contributed by atoms with Gasteiger partial charge in [0, 0.05) is 6.20 Å². The van der Waals surface area contributed by atoms with E-state index in [9.17, 15) is 13.2 Å². The van der Waals surface area contributed by atoms with Crippen molar-refractivity contribution in [1.82, 2.24) is 4.98 Å². The Hall–Kier alpha value is -2.41. The summed E-state index contributed by atoms with van der Waals surface area (Å²) in [5, 5.41) is 9.00. The van der Waals surface area contributed by atoms with Crippen molar-refractivity contribution in [2.75, 3.05) is 10.5 Å². The van der Waals surface area contributed by atoms with Gasteiger partial charge in [0.05, 0.1) is 5.75 Å². The van der Waals surface area contributed by atoms with E-state index in [4.69, 9.17) is 5.11 Å². The summed E-state index contributed by atoms with van der Waals surface area (Å²) in [7, 11) is -3.66. The van der Waals surface area contributed by atoms with Crippen LogP contribution in [0.15, 0.2) is 48.7 Å². The number of benzene rings is 1. The maximum atomic E-state index is 12.0. The molecule has 0 saturated carbocycles. The number of carbonyl (C=O) groups is 1. The van der Waals surface area contributed by atoms with Crippen LogP contribution in [0.3, 0.4) is 0 Å². The molecule has 0 aliphatic heterocycles. The van der Waals surface area contributed by atoms with Crippen LogP contribution >= 0.6 is 0 Å². The van der Waals surface area contributed by atoms with E-state index in [-0.39, 0.29) is 17.1 Å². The molecule has 6 nitrogen and oxygen atoms in total. The predicted molar refractivity (Wildman–Crippen MR) is 78.8 cm³/mol. The van der Waals surface area contributed by atoms with Crippen LogP contribution in [-0.4, -0.2) is 30.2 Å². The number of pyridine rings is 1. The third-order valence-electron chi connectivity index (χ3n) is 2.79. The first-order valence-corrected chi connectivity index (χ1v) is 7.86. The molecule has 0 spiro atoms. The van der Waals surface area contributed by atoms with Gasteiger partial charge in [0.15, 0.2) is 5.82 Å². The number of aromatic nitrogens is 1. The monoisotopic (exact) mass is 306 g/mol. The first-order valence-electron chi connectivity index (χ1n) is 6.21. The van der Waals surface area contributed by atoms with Crippen LogP contribution in [0, 0.1) is 0 Å². The standard InChI is InChI=1S/C14H14N2O4S/c17-14(18)12-7-4-9-15-13(12)16-21(19,20)10-8-11-5-2-1-3-6-11/h1-7,9H,8,10H2,(H,15,16)(H,17,18). The molecule has 21 heavy (non-hydrogen) atoms. The fraction of sp³-hybridized carbons (Fsp3) is 0.143. The van der Waals surface area contributed by atoms with E-state index in [1.54, 1.807) is 0 Å². The van der Waals surface area contributed by atoms with E-state index in [1.165, 1.54) is 18.3 Å². The first-order chi connectivity index (χ1) is 9.98. The molecule has 0 unspecified atom stereocenters. The average Bonchev–Trinajstić information content (AvgIpc) is 2.46. The number of carboxylic acids is 1. The SMILES string of the molecule is O=C(O)c1cccnc1NS(=O)(=O)CCc1ccccc1. The minimum absolute atomic E-state index is 0.146. The van der Waals surface area contributed by atoms with E-state index >= 15 is 0 Å². The highest BCUT2D eigenvalue weighted by atomic mass is 32.2. The first kappa shape index (κ1) is 15.0. The van der Waals surface area contributed by atoms with Crippen LogP contribution in [0.25, 0.3) is 0 Å². The Kier molecular flexibility index (Phi) is 4.54. The molecule has 0 aliphatic carbocycles. The van der Waals surface area contributed by atoms with Crippen molar-refractivity contribution in [2.45, 2.75) is 6.42 Å². The number of nitrogens with zero attached hydrogens (tertiary/aromatic N) is 1. The van der Waals surface area contributed by atoms with Crippen LogP contribution < -0.4 is 4.72 Å². The number of hydrogen-bond acceptors (Lipinski definition) is 4.